The van der Waals surface area contributed by atoms with Crippen LogP contribution in [0.2, 0.25) is 0 Å². The van der Waals surface area contributed by atoms with Gasteiger partial charge in [0.15, 0.2) is 0 Å². The maximum atomic E-state index is 2.21. The van der Waals surface area contributed by atoms with Crippen LogP contribution in [0.5, 0.6) is 0 Å². The zero-order valence-electron chi connectivity index (χ0n) is 7.69. The third kappa shape index (κ3) is 11.2. The molecule has 0 rings (SSSR count). The summed E-state index contributed by atoms with van der Waals surface area (Å²) in [6.45, 7) is 2.39. The standard InChI is InChI=1S/C7H19N2.BrH/c1-8(2)6-7-9(3,4)5;/h6-7H2,1-5H3;1H/q+1;/p-1. The van der Waals surface area contributed by atoms with Crippen LogP contribution in [0, 0.1) is 0 Å². The molecule has 0 fully saturated rings. The van der Waals surface area contributed by atoms with E-state index in [-0.39, 0.29) is 17.0 Å². The first-order chi connectivity index (χ1) is 3.92. The minimum Gasteiger partial charge on any atom is -1.00 e. The highest BCUT2D eigenvalue weighted by molar-refractivity contribution is 4.38. The Hall–Kier alpha value is 0.400. The van der Waals surface area contributed by atoms with Gasteiger partial charge in [-0.15, -0.1) is 0 Å². The first-order valence-corrected chi connectivity index (χ1v) is 3.37. The number of hydrogen-bond acceptors (Lipinski definition) is 1. The Kier molecular flexibility index (Phi) is 6.65. The molecule has 0 aliphatic rings. The zero-order valence-corrected chi connectivity index (χ0v) is 9.27. The van der Waals surface area contributed by atoms with E-state index in [1.165, 1.54) is 13.1 Å². The fourth-order valence-electron chi connectivity index (χ4n) is 0.500. The van der Waals surface area contributed by atoms with Crippen molar-refractivity contribution in [2.24, 2.45) is 0 Å². The Bertz CT molecular complexity index is 76.2. The summed E-state index contributed by atoms with van der Waals surface area (Å²) in [6.07, 6.45) is 0. The molecule has 0 aliphatic carbocycles. The molecule has 0 aromatic rings. The largest absolute Gasteiger partial charge is 1.00 e. The Balaban J connectivity index is 0. The van der Waals surface area contributed by atoms with Crippen LogP contribution in [0.1, 0.15) is 0 Å². The summed E-state index contributed by atoms with van der Waals surface area (Å²) in [5.74, 6) is 0. The summed E-state index contributed by atoms with van der Waals surface area (Å²) in [5, 5.41) is 0. The predicted octanol–water partition coefficient (Wildman–Crippen LogP) is -2.74. The lowest BCUT2D eigenvalue weighted by Crippen LogP contribution is -3.00. The van der Waals surface area contributed by atoms with Crippen LogP contribution < -0.4 is 17.0 Å². The molecule has 0 aromatic heterocycles. The number of nitrogens with zero attached hydrogens (tertiary/aromatic N) is 2. The van der Waals surface area contributed by atoms with Gasteiger partial charge < -0.3 is 26.4 Å². The van der Waals surface area contributed by atoms with Gasteiger partial charge in [-0.05, 0) is 14.1 Å². The molecule has 0 aliphatic heterocycles. The second-order valence-electron chi connectivity index (χ2n) is 3.82. The Morgan fingerprint density at radius 2 is 1.50 bits per heavy atom. The van der Waals surface area contributed by atoms with Gasteiger partial charge in [0.05, 0.1) is 27.7 Å². The molecule has 10 heavy (non-hydrogen) atoms. The van der Waals surface area contributed by atoms with Crippen molar-refractivity contribution < 1.29 is 21.5 Å². The van der Waals surface area contributed by atoms with Crippen molar-refractivity contribution in [2.45, 2.75) is 0 Å². The molecule has 0 spiro atoms. The van der Waals surface area contributed by atoms with Crippen molar-refractivity contribution in [2.75, 3.05) is 48.3 Å². The van der Waals surface area contributed by atoms with Gasteiger partial charge in [0.25, 0.3) is 0 Å². The molecule has 0 unspecified atom stereocenters. The number of quaternary nitrogens is 1. The molecule has 2 nitrogen and oxygen atoms in total. The summed E-state index contributed by atoms with van der Waals surface area (Å²) in [4.78, 5) is 2.21. The predicted molar refractivity (Wildman–Crippen MR) is 41.5 cm³/mol. The highest BCUT2D eigenvalue weighted by Gasteiger charge is 2.05. The van der Waals surface area contributed by atoms with E-state index in [0.717, 1.165) is 4.48 Å². The minimum absolute atomic E-state index is 0. The van der Waals surface area contributed by atoms with Crippen molar-refractivity contribution in [1.29, 1.82) is 0 Å². The molecule has 0 saturated heterocycles. The van der Waals surface area contributed by atoms with E-state index in [1.54, 1.807) is 0 Å². The lowest BCUT2D eigenvalue weighted by molar-refractivity contribution is -0.869. The molecular formula is C7H19BrN2. The second kappa shape index (κ2) is 5.10. The van der Waals surface area contributed by atoms with Crippen LogP contribution in [0.15, 0.2) is 0 Å². The maximum absolute atomic E-state index is 2.21. The number of halogens is 1. The van der Waals surface area contributed by atoms with E-state index in [4.69, 9.17) is 0 Å². The van der Waals surface area contributed by atoms with Crippen LogP contribution in [0.4, 0.5) is 0 Å². The van der Waals surface area contributed by atoms with Crippen LogP contribution in [0.25, 0.3) is 0 Å². The van der Waals surface area contributed by atoms with Crippen molar-refractivity contribution in [3.8, 4) is 0 Å². The first-order valence-electron chi connectivity index (χ1n) is 3.37. The highest BCUT2D eigenvalue weighted by atomic mass is 79.9. The third-order valence-electron chi connectivity index (χ3n) is 1.22. The van der Waals surface area contributed by atoms with Crippen LogP contribution in [-0.4, -0.2) is 57.7 Å². The Labute approximate surface area is 75.2 Å². The van der Waals surface area contributed by atoms with Gasteiger partial charge in [0, 0.05) is 6.54 Å². The van der Waals surface area contributed by atoms with Crippen LogP contribution >= 0.6 is 0 Å². The third-order valence-corrected chi connectivity index (χ3v) is 1.22. The van der Waals surface area contributed by atoms with Crippen molar-refractivity contribution in [3.63, 3.8) is 0 Å². The quantitative estimate of drug-likeness (QED) is 0.458. The van der Waals surface area contributed by atoms with Gasteiger partial charge in [-0.2, -0.15) is 0 Å². The lowest BCUT2D eigenvalue weighted by Gasteiger charge is -2.25. The summed E-state index contributed by atoms with van der Waals surface area (Å²) >= 11 is 0. The smallest absolute Gasteiger partial charge is 0.0909 e. The number of rotatable bonds is 3. The fraction of sp³-hybridized carbons (Fsp3) is 1.00. The average molecular weight is 211 g/mol. The lowest BCUT2D eigenvalue weighted by atomic mass is 10.5. The maximum Gasteiger partial charge on any atom is 0.0909 e. The molecular weight excluding hydrogens is 192 g/mol. The molecule has 64 valence electrons. The van der Waals surface area contributed by atoms with E-state index in [2.05, 4.69) is 40.1 Å². The van der Waals surface area contributed by atoms with Crippen molar-refractivity contribution >= 4 is 0 Å². The molecule has 0 amide bonds. The molecule has 0 radical (unpaired) electrons. The summed E-state index contributed by atoms with van der Waals surface area (Å²) < 4.78 is 1.05. The molecule has 0 heterocycles. The molecule has 3 heteroatoms. The monoisotopic (exact) mass is 210 g/mol. The van der Waals surface area contributed by atoms with Gasteiger partial charge >= 0.3 is 0 Å². The van der Waals surface area contributed by atoms with Crippen LogP contribution in [0.3, 0.4) is 0 Å². The average Bonchev–Trinajstić information content (AvgIpc) is 1.59. The van der Waals surface area contributed by atoms with Gasteiger partial charge in [0.2, 0.25) is 0 Å². The molecule has 0 aromatic carbocycles. The van der Waals surface area contributed by atoms with Crippen molar-refractivity contribution in [3.05, 3.63) is 0 Å². The van der Waals surface area contributed by atoms with E-state index in [1.807, 2.05) is 0 Å². The highest BCUT2D eigenvalue weighted by Crippen LogP contribution is 1.88. The van der Waals surface area contributed by atoms with Gasteiger partial charge in [0.1, 0.15) is 0 Å². The first kappa shape index (κ1) is 13.0. The van der Waals surface area contributed by atoms with Gasteiger partial charge in [-0.1, -0.05) is 0 Å². The van der Waals surface area contributed by atoms with E-state index in [0.29, 0.717) is 0 Å². The summed E-state index contributed by atoms with van der Waals surface area (Å²) in [5.41, 5.74) is 0. The summed E-state index contributed by atoms with van der Waals surface area (Å²) in [6, 6.07) is 0. The Morgan fingerprint density at radius 1 is 1.10 bits per heavy atom. The molecule has 0 saturated carbocycles. The van der Waals surface area contributed by atoms with Crippen LogP contribution in [-0.2, 0) is 0 Å². The number of hydrogen-bond donors (Lipinski definition) is 0. The van der Waals surface area contributed by atoms with Gasteiger partial charge in [-0.3, -0.25) is 0 Å². The SMILES string of the molecule is CN(C)CC[N+](C)(C)C.[Br-]. The molecule has 0 bridgehead atoms. The number of likely N-dealkylation sites (N-methyl/N-ethyl adjacent to an activating group) is 2. The summed E-state index contributed by atoms with van der Waals surface area (Å²) in [7, 11) is 10.8. The topological polar surface area (TPSA) is 3.24 Å². The van der Waals surface area contributed by atoms with Crippen molar-refractivity contribution in [1.82, 2.24) is 4.90 Å². The van der Waals surface area contributed by atoms with E-state index >= 15 is 0 Å². The van der Waals surface area contributed by atoms with E-state index in [9.17, 15) is 0 Å². The molecule has 0 N–H and O–H groups in total. The van der Waals surface area contributed by atoms with Gasteiger partial charge in [-0.25, -0.2) is 0 Å². The molecule has 0 atom stereocenters. The minimum atomic E-state index is 0. The fourth-order valence-corrected chi connectivity index (χ4v) is 0.500. The normalized spacial score (nSPS) is 11.4. The second-order valence-corrected chi connectivity index (χ2v) is 3.82. The van der Waals surface area contributed by atoms with E-state index < -0.39 is 0 Å². The zero-order chi connectivity index (χ0) is 7.49. The Morgan fingerprint density at radius 3 is 1.60 bits per heavy atom.